The first-order chi connectivity index (χ1) is 10.8. The number of carbonyl (C=O) groups is 2. The Kier molecular flexibility index (Phi) is 3.83. The van der Waals surface area contributed by atoms with Gasteiger partial charge >= 0.3 is 0 Å². The first kappa shape index (κ1) is 13.8. The Bertz CT molecular complexity index is 693. The van der Waals surface area contributed by atoms with E-state index in [1.165, 1.54) is 12.5 Å². The van der Waals surface area contributed by atoms with Crippen molar-refractivity contribution in [2.24, 2.45) is 0 Å². The maximum Gasteiger partial charge on any atom is 0.232 e. The SMILES string of the molecule is O=C(C1=C(C(=O)c2ccccc2)OC=CO1)c1ccccc1. The number of benzene rings is 2. The Morgan fingerprint density at radius 2 is 0.955 bits per heavy atom. The average Bonchev–Trinajstić information content (AvgIpc) is 2.62. The Labute approximate surface area is 127 Å². The Balaban J connectivity index is 2.00. The lowest BCUT2D eigenvalue weighted by Crippen LogP contribution is -2.17. The highest BCUT2D eigenvalue weighted by Gasteiger charge is 2.27. The topological polar surface area (TPSA) is 52.6 Å². The van der Waals surface area contributed by atoms with Crippen molar-refractivity contribution in [1.82, 2.24) is 0 Å². The van der Waals surface area contributed by atoms with E-state index < -0.39 is 11.6 Å². The highest BCUT2D eigenvalue weighted by molar-refractivity contribution is 6.16. The summed E-state index contributed by atoms with van der Waals surface area (Å²) in [5.74, 6) is -1.02. The number of Topliss-reactive ketones (excluding diaryl/α,β-unsaturated/α-hetero) is 2. The molecular weight excluding hydrogens is 280 g/mol. The summed E-state index contributed by atoms with van der Waals surface area (Å²) in [5, 5.41) is 0. The quantitative estimate of drug-likeness (QED) is 0.809. The molecule has 0 atom stereocenters. The molecule has 1 heterocycles. The minimum Gasteiger partial charge on any atom is -0.454 e. The molecule has 0 bridgehead atoms. The second-order valence-electron chi connectivity index (χ2n) is 4.56. The van der Waals surface area contributed by atoms with Crippen LogP contribution in [0.25, 0.3) is 0 Å². The molecule has 2 aromatic carbocycles. The molecule has 108 valence electrons. The molecule has 0 aromatic heterocycles. The van der Waals surface area contributed by atoms with Crippen LogP contribution in [0.5, 0.6) is 0 Å². The molecule has 0 fully saturated rings. The predicted molar refractivity (Wildman–Crippen MR) is 79.9 cm³/mol. The van der Waals surface area contributed by atoms with Crippen LogP contribution in [0, 0.1) is 0 Å². The monoisotopic (exact) mass is 292 g/mol. The minimum atomic E-state index is -0.399. The lowest BCUT2D eigenvalue weighted by Gasteiger charge is -2.15. The molecule has 1 aliphatic heterocycles. The standard InChI is InChI=1S/C18H12O4/c19-15(13-7-3-1-4-8-13)17-18(22-12-11-21-17)16(20)14-9-5-2-6-10-14/h1-12H. The Hall–Kier alpha value is -3.14. The van der Waals surface area contributed by atoms with E-state index in [1.54, 1.807) is 60.7 Å². The van der Waals surface area contributed by atoms with Gasteiger partial charge in [0.1, 0.15) is 12.5 Å². The van der Waals surface area contributed by atoms with E-state index in [0.717, 1.165) is 0 Å². The van der Waals surface area contributed by atoms with Gasteiger partial charge in [0.2, 0.25) is 23.1 Å². The zero-order valence-corrected chi connectivity index (χ0v) is 11.6. The van der Waals surface area contributed by atoms with Gasteiger partial charge in [-0.2, -0.15) is 0 Å². The van der Waals surface area contributed by atoms with Crippen molar-refractivity contribution in [3.05, 3.63) is 95.8 Å². The number of allylic oxidation sites excluding steroid dienone is 2. The number of ketones is 2. The van der Waals surface area contributed by atoms with Crippen LogP contribution in [0.4, 0.5) is 0 Å². The van der Waals surface area contributed by atoms with Crippen molar-refractivity contribution in [2.45, 2.75) is 0 Å². The second-order valence-corrected chi connectivity index (χ2v) is 4.56. The molecule has 0 amide bonds. The molecular formula is C18H12O4. The lowest BCUT2D eigenvalue weighted by atomic mass is 10.0. The highest BCUT2D eigenvalue weighted by Crippen LogP contribution is 2.22. The van der Waals surface area contributed by atoms with Gasteiger partial charge in [-0.25, -0.2) is 0 Å². The van der Waals surface area contributed by atoms with Crippen LogP contribution in [0.1, 0.15) is 20.7 Å². The van der Waals surface area contributed by atoms with Crippen molar-refractivity contribution in [2.75, 3.05) is 0 Å². The van der Waals surface area contributed by atoms with Gasteiger partial charge in [-0.15, -0.1) is 0 Å². The molecule has 1 aliphatic rings. The third kappa shape index (κ3) is 2.67. The van der Waals surface area contributed by atoms with Crippen LogP contribution in [0.15, 0.2) is 84.7 Å². The summed E-state index contributed by atoms with van der Waals surface area (Å²) in [4.78, 5) is 25.0. The van der Waals surface area contributed by atoms with Crippen LogP contribution >= 0.6 is 0 Å². The summed E-state index contributed by atoms with van der Waals surface area (Å²) in [6, 6.07) is 17.2. The van der Waals surface area contributed by atoms with Crippen LogP contribution in [-0.2, 0) is 9.47 Å². The first-order valence-corrected chi connectivity index (χ1v) is 6.69. The van der Waals surface area contributed by atoms with Crippen molar-refractivity contribution in [3.8, 4) is 0 Å². The highest BCUT2D eigenvalue weighted by atomic mass is 16.5. The van der Waals surface area contributed by atoms with Crippen molar-refractivity contribution < 1.29 is 19.1 Å². The zero-order chi connectivity index (χ0) is 15.4. The summed E-state index contributed by atoms with van der Waals surface area (Å²) in [5.41, 5.74) is 0.851. The van der Waals surface area contributed by atoms with Gasteiger partial charge in [0.05, 0.1) is 0 Å². The third-order valence-corrected chi connectivity index (χ3v) is 3.12. The van der Waals surface area contributed by atoms with Gasteiger partial charge < -0.3 is 9.47 Å². The second kappa shape index (κ2) is 6.10. The molecule has 3 rings (SSSR count). The predicted octanol–water partition coefficient (Wildman–Crippen LogP) is 3.48. The van der Waals surface area contributed by atoms with Crippen LogP contribution in [0.2, 0.25) is 0 Å². The molecule has 0 saturated heterocycles. The minimum absolute atomic E-state index is 0.109. The average molecular weight is 292 g/mol. The zero-order valence-electron chi connectivity index (χ0n) is 11.6. The van der Waals surface area contributed by atoms with Gasteiger partial charge in [0, 0.05) is 11.1 Å². The molecule has 22 heavy (non-hydrogen) atoms. The van der Waals surface area contributed by atoms with E-state index in [4.69, 9.17) is 9.47 Å². The maximum atomic E-state index is 12.5. The Morgan fingerprint density at radius 3 is 1.32 bits per heavy atom. The Morgan fingerprint density at radius 1 is 0.591 bits per heavy atom. The largest absolute Gasteiger partial charge is 0.454 e. The van der Waals surface area contributed by atoms with Crippen molar-refractivity contribution in [3.63, 3.8) is 0 Å². The summed E-state index contributed by atoms with van der Waals surface area (Å²) in [7, 11) is 0. The van der Waals surface area contributed by atoms with Crippen LogP contribution in [-0.4, -0.2) is 11.6 Å². The van der Waals surface area contributed by atoms with E-state index >= 15 is 0 Å². The van der Waals surface area contributed by atoms with Crippen molar-refractivity contribution >= 4 is 11.6 Å². The third-order valence-electron chi connectivity index (χ3n) is 3.12. The molecule has 2 aromatic rings. The summed E-state index contributed by atoms with van der Waals surface area (Å²) in [6.07, 6.45) is 2.47. The van der Waals surface area contributed by atoms with Gasteiger partial charge in [-0.3, -0.25) is 9.59 Å². The molecule has 0 N–H and O–H groups in total. The van der Waals surface area contributed by atoms with Crippen LogP contribution in [0.3, 0.4) is 0 Å². The van der Waals surface area contributed by atoms with Gasteiger partial charge in [0.15, 0.2) is 0 Å². The van der Waals surface area contributed by atoms with E-state index in [0.29, 0.717) is 11.1 Å². The van der Waals surface area contributed by atoms with Crippen molar-refractivity contribution in [1.29, 1.82) is 0 Å². The number of hydrogen-bond acceptors (Lipinski definition) is 4. The van der Waals surface area contributed by atoms with Gasteiger partial charge in [-0.05, 0) is 0 Å². The lowest BCUT2D eigenvalue weighted by molar-refractivity contribution is 0.0861. The van der Waals surface area contributed by atoms with E-state index in [2.05, 4.69) is 0 Å². The summed E-state index contributed by atoms with van der Waals surface area (Å²) in [6.45, 7) is 0. The number of ether oxygens (including phenoxy) is 2. The van der Waals surface area contributed by atoms with Gasteiger partial charge in [0.25, 0.3) is 0 Å². The molecule has 4 nitrogen and oxygen atoms in total. The molecule has 0 saturated carbocycles. The van der Waals surface area contributed by atoms with E-state index in [9.17, 15) is 9.59 Å². The fraction of sp³-hybridized carbons (Fsp3) is 0. The van der Waals surface area contributed by atoms with E-state index in [1.807, 2.05) is 0 Å². The van der Waals surface area contributed by atoms with Crippen LogP contribution < -0.4 is 0 Å². The molecule has 0 spiro atoms. The normalized spacial score (nSPS) is 13.3. The fourth-order valence-corrected chi connectivity index (χ4v) is 2.05. The number of hydrogen-bond donors (Lipinski definition) is 0. The molecule has 4 heteroatoms. The maximum absolute atomic E-state index is 12.5. The van der Waals surface area contributed by atoms with E-state index in [-0.39, 0.29) is 11.5 Å². The summed E-state index contributed by atoms with van der Waals surface area (Å²) < 4.78 is 10.5. The smallest absolute Gasteiger partial charge is 0.232 e. The van der Waals surface area contributed by atoms with Gasteiger partial charge in [-0.1, -0.05) is 60.7 Å². The molecule has 0 aliphatic carbocycles. The molecule has 0 radical (unpaired) electrons. The first-order valence-electron chi connectivity index (χ1n) is 6.69. The fourth-order valence-electron chi connectivity index (χ4n) is 2.05. The number of rotatable bonds is 4. The molecule has 0 unspecified atom stereocenters. The number of carbonyl (C=O) groups excluding carboxylic acids is 2. The summed E-state index contributed by atoms with van der Waals surface area (Å²) >= 11 is 0.